The number of aryl methyl sites for hydroxylation is 4. The van der Waals surface area contributed by atoms with Gasteiger partial charge in [0.15, 0.2) is 22.9 Å². The molecule has 22 nitrogen and oxygen atoms in total. The summed E-state index contributed by atoms with van der Waals surface area (Å²) in [5, 5.41) is 12.7. The van der Waals surface area contributed by atoms with E-state index >= 15 is 0 Å². The first kappa shape index (κ1) is 56.7. The number of fused-ring (bicyclic) bond motifs is 2. The molecule has 0 unspecified atom stereocenters. The lowest BCUT2D eigenvalue weighted by molar-refractivity contribution is 0.0507. The van der Waals surface area contributed by atoms with Gasteiger partial charge in [-0.2, -0.15) is 0 Å². The molecular weight excluding hydrogens is 1050 g/mol. The number of carbonyl (C=O) groups is 3. The van der Waals surface area contributed by atoms with Crippen LogP contribution in [0.4, 0.5) is 27.8 Å². The highest BCUT2D eigenvalue weighted by atomic mass is 32.2. The van der Waals surface area contributed by atoms with Crippen molar-refractivity contribution in [3.05, 3.63) is 106 Å². The Labute approximate surface area is 462 Å². The van der Waals surface area contributed by atoms with Crippen LogP contribution in [-0.2, 0) is 24.8 Å². The number of likely N-dealkylation sites (tertiary alicyclic amines) is 2. The molecule has 424 valence electrons. The van der Waals surface area contributed by atoms with Crippen LogP contribution in [0.5, 0.6) is 0 Å². The Hall–Kier alpha value is -7.05. The first-order valence-corrected chi connectivity index (χ1v) is 30.8. The van der Waals surface area contributed by atoms with Crippen LogP contribution in [0.25, 0.3) is 11.3 Å². The zero-order valence-corrected chi connectivity index (χ0v) is 48.2. The van der Waals surface area contributed by atoms with Crippen LogP contribution < -0.4 is 30.3 Å². The molecule has 0 saturated carbocycles. The van der Waals surface area contributed by atoms with Crippen LogP contribution in [0.1, 0.15) is 139 Å². The lowest BCUT2D eigenvalue weighted by Gasteiger charge is -2.35. The van der Waals surface area contributed by atoms with Gasteiger partial charge >= 0.3 is 6.09 Å². The van der Waals surface area contributed by atoms with Gasteiger partial charge in [-0.3, -0.25) is 19.0 Å². The quantitative estimate of drug-likeness (QED) is 0.104. The van der Waals surface area contributed by atoms with Gasteiger partial charge in [-0.1, -0.05) is 23.3 Å². The predicted molar refractivity (Wildman–Crippen MR) is 305 cm³/mol. The molecule has 0 bridgehead atoms. The van der Waals surface area contributed by atoms with Crippen molar-refractivity contribution in [3.8, 4) is 0 Å². The number of nitrogens with one attached hydrogen (secondary N) is 3. The summed E-state index contributed by atoms with van der Waals surface area (Å²) in [6.45, 7) is 17.5. The van der Waals surface area contributed by atoms with E-state index in [2.05, 4.69) is 24.6 Å². The van der Waals surface area contributed by atoms with E-state index in [4.69, 9.17) is 30.6 Å². The number of hydrogen-bond donors (Lipinski definition) is 4. The highest BCUT2D eigenvalue weighted by Crippen LogP contribution is 2.36. The molecule has 4 aromatic heterocycles. The van der Waals surface area contributed by atoms with Crippen LogP contribution in [0.2, 0.25) is 0 Å². The molecule has 4 atom stereocenters. The molecule has 8 heterocycles. The van der Waals surface area contributed by atoms with Crippen molar-refractivity contribution in [3.63, 3.8) is 0 Å². The fourth-order valence-corrected chi connectivity index (χ4v) is 12.2. The van der Waals surface area contributed by atoms with Crippen molar-refractivity contribution in [2.45, 2.75) is 130 Å². The van der Waals surface area contributed by atoms with Gasteiger partial charge < -0.3 is 35.4 Å². The van der Waals surface area contributed by atoms with Gasteiger partial charge in [-0.15, -0.1) is 10.2 Å². The number of aromatic nitrogens is 6. The van der Waals surface area contributed by atoms with E-state index in [1.165, 1.54) is 0 Å². The van der Waals surface area contributed by atoms with E-state index in [-0.39, 0.29) is 47.4 Å². The minimum atomic E-state index is -3.57. The number of anilines is 4. The van der Waals surface area contributed by atoms with Crippen molar-refractivity contribution < 1.29 is 36.0 Å². The molecule has 4 fully saturated rings. The standard InChI is InChI=1S/C30H41N7O5S.C25H33N7O3S/c1-19-10-11-23(34-43(6,40)41)22(15-19)28(38)36-13-8-7-9-25(36)24-18-37-26(32-24)16-20(2)27(33-37)35-14-12-21(17-35)31-29(39)42-30(3,4)5;1-16-7-8-20(29-36(3,34)35)19(12-16)25(33)31-10-5-4-6-22(31)21-15-32-23(27-21)13-17(2)24(28-32)30-11-9-18(26)14-30/h10-11,15-16,18,21,25,34H,7-9,12-14,17H2,1-6H3,(H,31,39);7-8,12-13,15,18,22,29H,4-6,9-11,14,26H2,1-3H3/t21-,25-;18-,22-/m00/s1. The van der Waals surface area contributed by atoms with Crippen molar-refractivity contribution in [2.24, 2.45) is 5.73 Å². The number of imidazole rings is 2. The average Bonchev–Trinajstić information content (AvgIpc) is 4.24. The molecule has 79 heavy (non-hydrogen) atoms. The second kappa shape index (κ2) is 22.6. The molecular formula is C55H74N14O8S2. The number of benzene rings is 2. The summed E-state index contributed by atoms with van der Waals surface area (Å²) < 4.78 is 61.8. The molecule has 0 spiro atoms. The zero-order chi connectivity index (χ0) is 56.7. The largest absolute Gasteiger partial charge is 0.444 e. The van der Waals surface area contributed by atoms with E-state index in [9.17, 15) is 31.2 Å². The van der Waals surface area contributed by atoms with E-state index in [1.54, 1.807) is 50.3 Å². The summed E-state index contributed by atoms with van der Waals surface area (Å²) in [6, 6.07) is 14.0. The smallest absolute Gasteiger partial charge is 0.407 e. The van der Waals surface area contributed by atoms with Crippen LogP contribution in [0.15, 0.2) is 60.9 Å². The Morgan fingerprint density at radius 3 is 1.51 bits per heavy atom. The maximum Gasteiger partial charge on any atom is 0.407 e. The summed E-state index contributed by atoms with van der Waals surface area (Å²) in [6.07, 6.45) is 12.4. The first-order chi connectivity index (χ1) is 37.3. The summed E-state index contributed by atoms with van der Waals surface area (Å²) in [4.78, 5) is 57.7. The van der Waals surface area contributed by atoms with Crippen LogP contribution >= 0.6 is 0 Å². The fraction of sp³-hybridized carbons (Fsp3) is 0.509. The van der Waals surface area contributed by atoms with Crippen molar-refractivity contribution in [1.29, 1.82) is 0 Å². The first-order valence-electron chi connectivity index (χ1n) is 27.0. The number of amides is 3. The predicted octanol–water partition coefficient (Wildman–Crippen LogP) is 6.81. The number of nitrogens with zero attached hydrogens (tertiary/aromatic N) is 10. The Morgan fingerprint density at radius 2 is 1.08 bits per heavy atom. The second-order valence-corrected chi connectivity index (χ2v) is 26.2. The third kappa shape index (κ3) is 13.5. The van der Waals surface area contributed by atoms with E-state index in [1.807, 2.05) is 77.9 Å². The molecule has 5 N–H and O–H groups in total. The highest BCUT2D eigenvalue weighted by Gasteiger charge is 2.35. The summed E-state index contributed by atoms with van der Waals surface area (Å²) in [5.41, 5.74) is 13.5. The minimum Gasteiger partial charge on any atom is -0.444 e. The second-order valence-electron chi connectivity index (χ2n) is 22.7. The van der Waals surface area contributed by atoms with E-state index < -0.39 is 31.7 Å². The average molecular weight is 1120 g/mol. The fourth-order valence-electron chi connectivity index (χ4n) is 11.0. The molecule has 2 aromatic carbocycles. The Bertz CT molecular complexity index is 3520. The van der Waals surface area contributed by atoms with Gasteiger partial charge in [0.25, 0.3) is 11.8 Å². The van der Waals surface area contributed by atoms with Crippen LogP contribution in [-0.4, -0.2) is 143 Å². The topological polar surface area (TPSA) is 264 Å². The van der Waals surface area contributed by atoms with Crippen molar-refractivity contribution in [1.82, 2.24) is 44.3 Å². The maximum atomic E-state index is 13.9. The molecule has 10 rings (SSSR count). The van der Waals surface area contributed by atoms with Gasteiger partial charge in [-0.25, -0.2) is 40.6 Å². The number of sulfonamides is 2. The van der Waals surface area contributed by atoms with Crippen LogP contribution in [0.3, 0.4) is 0 Å². The molecule has 4 aliphatic heterocycles. The van der Waals surface area contributed by atoms with Crippen molar-refractivity contribution in [2.75, 3.05) is 71.0 Å². The molecule has 4 aliphatic rings. The third-order valence-electron chi connectivity index (χ3n) is 14.6. The SMILES string of the molecule is Cc1ccc(NS(C)(=O)=O)c(C(=O)N2CCCC[C@H]2c2cn3nc(N4CC[C@H](N)C4)c(C)cc3n2)c1.Cc1ccc(NS(C)(=O)=O)c(C(=O)N2CCCC[C@H]2c2cn3nc(N4CC[C@H](NC(=O)OC(C)(C)C)C4)c(C)cc3n2)c1. The van der Waals surface area contributed by atoms with Gasteiger partial charge in [0.2, 0.25) is 20.0 Å². The molecule has 0 aliphatic carbocycles. The summed E-state index contributed by atoms with van der Waals surface area (Å²) >= 11 is 0. The molecule has 6 aromatic rings. The number of nitrogens with two attached hydrogens (primary N) is 1. The Kier molecular flexibility index (Phi) is 16.2. The van der Waals surface area contributed by atoms with Crippen LogP contribution in [0, 0.1) is 27.7 Å². The Morgan fingerprint density at radius 1 is 0.620 bits per heavy atom. The monoisotopic (exact) mass is 1120 g/mol. The number of carbonyl (C=O) groups excluding carboxylic acids is 3. The summed E-state index contributed by atoms with van der Waals surface area (Å²) in [7, 11) is -7.10. The maximum absolute atomic E-state index is 13.9. The molecule has 0 radical (unpaired) electrons. The normalized spacial score (nSPS) is 20.1. The molecule has 24 heteroatoms. The number of hydrogen-bond acceptors (Lipinski definition) is 15. The number of ether oxygens (including phenoxy) is 1. The molecule has 3 amide bonds. The van der Waals surface area contributed by atoms with Gasteiger partial charge in [0, 0.05) is 45.3 Å². The van der Waals surface area contributed by atoms with E-state index in [0.717, 1.165) is 134 Å². The molecule has 4 saturated heterocycles. The Balaban J connectivity index is 0.000000195. The van der Waals surface area contributed by atoms with Gasteiger partial charge in [-0.05, 0) is 147 Å². The lowest BCUT2D eigenvalue weighted by Crippen LogP contribution is -2.40. The highest BCUT2D eigenvalue weighted by molar-refractivity contribution is 7.92. The zero-order valence-electron chi connectivity index (χ0n) is 46.6. The summed E-state index contributed by atoms with van der Waals surface area (Å²) in [5.74, 6) is 1.29. The number of rotatable bonds is 11. The van der Waals surface area contributed by atoms with Crippen molar-refractivity contribution >= 4 is 72.3 Å². The van der Waals surface area contributed by atoms with Gasteiger partial charge in [0.1, 0.15) is 5.60 Å². The number of alkyl carbamates (subject to hydrolysis) is 1. The van der Waals surface area contributed by atoms with E-state index in [0.29, 0.717) is 36.4 Å². The third-order valence-corrected chi connectivity index (χ3v) is 15.8. The lowest BCUT2D eigenvalue weighted by atomic mass is 9.98. The minimum absolute atomic E-state index is 0.0457. The van der Waals surface area contributed by atoms with Gasteiger partial charge in [0.05, 0.1) is 76.9 Å². The number of piperidine rings is 2.